The highest BCUT2D eigenvalue weighted by Gasteiger charge is 2.05. The Labute approximate surface area is 178 Å². The molecule has 0 aliphatic heterocycles. The van der Waals surface area contributed by atoms with Gasteiger partial charge in [0.05, 0.1) is 24.3 Å². The highest BCUT2D eigenvalue weighted by atomic mass is 19.1. The van der Waals surface area contributed by atoms with Crippen LogP contribution < -0.4 is 0 Å². The zero-order valence-electron chi connectivity index (χ0n) is 18.9. The van der Waals surface area contributed by atoms with Crippen LogP contribution in [0.5, 0.6) is 0 Å². The summed E-state index contributed by atoms with van der Waals surface area (Å²) in [5.41, 5.74) is 1.08. The average Bonchev–Trinajstić information content (AvgIpc) is 2.72. The molecule has 0 N–H and O–H groups in total. The summed E-state index contributed by atoms with van der Waals surface area (Å²) in [5.74, 6) is -0.373. The van der Waals surface area contributed by atoms with Gasteiger partial charge in [-0.1, -0.05) is 96.8 Å². The number of rotatable bonds is 18. The first-order chi connectivity index (χ1) is 14.2. The molecule has 0 aliphatic rings. The predicted octanol–water partition coefficient (Wildman–Crippen LogP) is 8.47. The Hall–Kier alpha value is -1.40. The minimum Gasteiger partial charge on any atom is -0.374 e. The lowest BCUT2D eigenvalue weighted by Crippen LogP contribution is -2.08. The van der Waals surface area contributed by atoms with Gasteiger partial charge in [-0.05, 0) is 37.1 Å². The monoisotopic (exact) mass is 403 g/mol. The standard InChI is InChI=1S/C26H42FNO/c1-3-4-5-6-7-8-9-10-11-12-13-14-15-16-17-23(2)29-22-25-18-24(21-28)19-26(27)20-25/h18-20,23H,3-17,22H2,1-2H3. The SMILES string of the molecule is CCCCCCCCCCCCCCCCC(C)OCc1cc(F)cc(C#N)c1. The smallest absolute Gasteiger partial charge is 0.124 e. The van der Waals surface area contributed by atoms with Crippen LogP contribution >= 0.6 is 0 Å². The van der Waals surface area contributed by atoms with E-state index in [0.29, 0.717) is 12.2 Å². The molecule has 0 saturated heterocycles. The van der Waals surface area contributed by atoms with E-state index in [-0.39, 0.29) is 11.9 Å². The summed E-state index contributed by atoms with van der Waals surface area (Å²) in [4.78, 5) is 0. The Kier molecular flexibility index (Phi) is 15.4. The summed E-state index contributed by atoms with van der Waals surface area (Å²) in [6.07, 6.45) is 20.4. The van der Waals surface area contributed by atoms with Crippen molar-refractivity contribution in [3.63, 3.8) is 0 Å². The number of hydrogen-bond donors (Lipinski definition) is 0. The maximum absolute atomic E-state index is 13.4. The molecule has 0 radical (unpaired) electrons. The first-order valence-corrected chi connectivity index (χ1v) is 12.0. The normalized spacial score (nSPS) is 12.1. The summed E-state index contributed by atoms with van der Waals surface area (Å²) in [5, 5.41) is 8.90. The van der Waals surface area contributed by atoms with Gasteiger partial charge in [0.2, 0.25) is 0 Å². The van der Waals surface area contributed by atoms with Gasteiger partial charge in [-0.15, -0.1) is 0 Å². The molecule has 0 saturated carbocycles. The Morgan fingerprint density at radius 2 is 1.34 bits per heavy atom. The van der Waals surface area contributed by atoms with E-state index >= 15 is 0 Å². The van der Waals surface area contributed by atoms with Crippen molar-refractivity contribution in [1.82, 2.24) is 0 Å². The third-order valence-electron chi connectivity index (χ3n) is 5.59. The molecule has 29 heavy (non-hydrogen) atoms. The van der Waals surface area contributed by atoms with Crippen LogP contribution in [0.25, 0.3) is 0 Å². The van der Waals surface area contributed by atoms with Gasteiger partial charge in [-0.2, -0.15) is 5.26 Å². The van der Waals surface area contributed by atoms with Crippen molar-refractivity contribution in [2.24, 2.45) is 0 Å². The average molecular weight is 404 g/mol. The predicted molar refractivity (Wildman–Crippen MR) is 120 cm³/mol. The van der Waals surface area contributed by atoms with Crippen molar-refractivity contribution in [3.05, 3.63) is 35.1 Å². The van der Waals surface area contributed by atoms with Crippen molar-refractivity contribution in [2.45, 2.75) is 123 Å². The number of hydrogen-bond acceptors (Lipinski definition) is 2. The third kappa shape index (κ3) is 14.3. The van der Waals surface area contributed by atoms with Gasteiger partial charge < -0.3 is 4.74 Å². The van der Waals surface area contributed by atoms with Gasteiger partial charge in [-0.3, -0.25) is 0 Å². The number of halogens is 1. The van der Waals surface area contributed by atoms with Crippen LogP contribution in [0.1, 0.15) is 121 Å². The van der Waals surface area contributed by atoms with Gasteiger partial charge in [0.1, 0.15) is 5.82 Å². The zero-order valence-corrected chi connectivity index (χ0v) is 18.9. The molecule has 0 amide bonds. The zero-order chi connectivity index (χ0) is 21.2. The summed E-state index contributed by atoms with van der Waals surface area (Å²) in [6.45, 7) is 4.72. The summed E-state index contributed by atoms with van der Waals surface area (Å²) in [6, 6.07) is 6.37. The van der Waals surface area contributed by atoms with Crippen molar-refractivity contribution >= 4 is 0 Å². The lowest BCUT2D eigenvalue weighted by Gasteiger charge is -2.13. The van der Waals surface area contributed by atoms with Gasteiger partial charge in [0, 0.05) is 0 Å². The molecule has 0 aromatic heterocycles. The van der Waals surface area contributed by atoms with Crippen LogP contribution in [0, 0.1) is 17.1 Å². The maximum atomic E-state index is 13.4. The fourth-order valence-corrected chi connectivity index (χ4v) is 3.75. The summed E-state index contributed by atoms with van der Waals surface area (Å²) in [7, 11) is 0. The van der Waals surface area contributed by atoms with Gasteiger partial charge in [0.25, 0.3) is 0 Å². The highest BCUT2D eigenvalue weighted by molar-refractivity contribution is 5.33. The van der Waals surface area contributed by atoms with E-state index in [1.165, 1.54) is 102 Å². The van der Waals surface area contributed by atoms with Crippen molar-refractivity contribution in [3.8, 4) is 6.07 Å². The molecular formula is C26H42FNO. The highest BCUT2D eigenvalue weighted by Crippen LogP contribution is 2.15. The molecule has 0 spiro atoms. The second-order valence-electron chi connectivity index (χ2n) is 8.47. The Bertz CT molecular complexity index is 566. The van der Waals surface area contributed by atoms with Crippen molar-refractivity contribution < 1.29 is 9.13 Å². The quantitative estimate of drug-likeness (QED) is 0.230. The third-order valence-corrected chi connectivity index (χ3v) is 5.59. The van der Waals surface area contributed by atoms with E-state index in [0.717, 1.165) is 12.0 Å². The van der Waals surface area contributed by atoms with E-state index in [4.69, 9.17) is 10.00 Å². The van der Waals surface area contributed by atoms with Crippen LogP contribution in [0.15, 0.2) is 18.2 Å². The van der Waals surface area contributed by atoms with Crippen molar-refractivity contribution in [1.29, 1.82) is 5.26 Å². The second-order valence-corrected chi connectivity index (χ2v) is 8.47. The molecule has 0 heterocycles. The number of unbranched alkanes of at least 4 members (excludes halogenated alkanes) is 13. The van der Waals surface area contributed by atoms with E-state index in [2.05, 4.69) is 13.8 Å². The Balaban J connectivity index is 1.91. The molecule has 1 aromatic rings. The van der Waals surface area contributed by atoms with E-state index in [9.17, 15) is 4.39 Å². The molecule has 1 rings (SSSR count). The van der Waals surface area contributed by atoms with Crippen molar-refractivity contribution in [2.75, 3.05) is 0 Å². The molecule has 0 aliphatic carbocycles. The maximum Gasteiger partial charge on any atom is 0.124 e. The van der Waals surface area contributed by atoms with E-state index in [1.807, 2.05) is 6.07 Å². The Morgan fingerprint density at radius 1 is 0.828 bits per heavy atom. The molecule has 0 bridgehead atoms. The topological polar surface area (TPSA) is 33.0 Å². The second kappa shape index (κ2) is 17.5. The lowest BCUT2D eigenvalue weighted by molar-refractivity contribution is 0.0457. The molecule has 164 valence electrons. The minimum absolute atomic E-state index is 0.168. The summed E-state index contributed by atoms with van der Waals surface area (Å²) < 4.78 is 19.2. The summed E-state index contributed by atoms with van der Waals surface area (Å²) >= 11 is 0. The molecule has 0 fully saturated rings. The molecule has 3 heteroatoms. The van der Waals surface area contributed by atoms with Crippen LogP contribution in [0.2, 0.25) is 0 Å². The Morgan fingerprint density at radius 3 is 1.86 bits per heavy atom. The number of ether oxygens (including phenoxy) is 1. The number of nitriles is 1. The van der Waals surface area contributed by atoms with Crippen LogP contribution in [-0.4, -0.2) is 6.10 Å². The molecule has 1 atom stereocenters. The fourth-order valence-electron chi connectivity index (χ4n) is 3.75. The van der Waals surface area contributed by atoms with E-state index < -0.39 is 0 Å². The van der Waals surface area contributed by atoms with Gasteiger partial charge in [0.15, 0.2) is 0 Å². The van der Waals surface area contributed by atoms with Gasteiger partial charge in [-0.25, -0.2) is 4.39 Å². The molecule has 1 unspecified atom stereocenters. The minimum atomic E-state index is -0.373. The fraction of sp³-hybridized carbons (Fsp3) is 0.731. The first kappa shape index (κ1) is 25.6. The molecule has 1 aromatic carbocycles. The lowest BCUT2D eigenvalue weighted by atomic mass is 10.0. The molecular weight excluding hydrogens is 361 g/mol. The van der Waals surface area contributed by atoms with Crippen LogP contribution in [0.4, 0.5) is 4.39 Å². The number of nitrogens with zero attached hydrogens (tertiary/aromatic N) is 1. The first-order valence-electron chi connectivity index (χ1n) is 12.0. The number of benzene rings is 1. The van der Waals surface area contributed by atoms with Crippen LogP contribution in [-0.2, 0) is 11.3 Å². The largest absolute Gasteiger partial charge is 0.374 e. The van der Waals surface area contributed by atoms with Crippen LogP contribution in [0.3, 0.4) is 0 Å². The van der Waals surface area contributed by atoms with Gasteiger partial charge >= 0.3 is 0 Å². The molecule has 2 nitrogen and oxygen atoms in total. The van der Waals surface area contributed by atoms with E-state index in [1.54, 1.807) is 6.07 Å².